The van der Waals surface area contributed by atoms with Crippen LogP contribution in [0.1, 0.15) is 23.0 Å². The highest BCUT2D eigenvalue weighted by Gasteiger charge is 2.41. The van der Waals surface area contributed by atoms with Gasteiger partial charge in [-0.25, -0.2) is 12.8 Å². The lowest BCUT2D eigenvalue weighted by Gasteiger charge is -2.17. The molecule has 1 aromatic carbocycles. The quantitative estimate of drug-likeness (QED) is 0.571. The van der Waals surface area contributed by atoms with Gasteiger partial charge in [-0.15, -0.1) is 0 Å². The van der Waals surface area contributed by atoms with E-state index < -0.39 is 49.6 Å². The Hall–Kier alpha value is -2.14. The number of nitrogens with zero attached hydrogens (tertiary/aromatic N) is 2. The van der Waals surface area contributed by atoms with E-state index in [2.05, 4.69) is 21.2 Å². The fourth-order valence-corrected chi connectivity index (χ4v) is 5.46. The fourth-order valence-electron chi connectivity index (χ4n) is 2.31. The molecule has 0 saturated heterocycles. The first-order valence-corrected chi connectivity index (χ1v) is 10.5. The molecule has 0 saturated carbocycles. The van der Waals surface area contributed by atoms with Crippen molar-refractivity contribution in [2.24, 2.45) is 7.05 Å². The minimum atomic E-state index is -4.85. The average Bonchev–Trinajstić information content (AvgIpc) is 2.84. The molecule has 1 atom stereocenters. The van der Waals surface area contributed by atoms with Gasteiger partial charge in [-0.1, -0.05) is 11.6 Å². The summed E-state index contributed by atoms with van der Waals surface area (Å²) in [6.07, 6.45) is -4.85. The maximum absolute atomic E-state index is 13.4. The van der Waals surface area contributed by atoms with Gasteiger partial charge in [0.2, 0.25) is 10.0 Å². The molecular formula is C16H12BrClF4N4O3S. The van der Waals surface area contributed by atoms with Gasteiger partial charge < -0.3 is 9.88 Å². The van der Waals surface area contributed by atoms with Crippen molar-refractivity contribution in [1.82, 2.24) is 9.29 Å². The molecule has 2 rings (SSSR count). The highest BCUT2D eigenvalue weighted by molar-refractivity contribution is 9.10. The van der Waals surface area contributed by atoms with E-state index in [4.69, 9.17) is 16.9 Å². The van der Waals surface area contributed by atoms with Crippen LogP contribution < -0.4 is 10.0 Å². The molecule has 0 aliphatic carbocycles. The zero-order valence-corrected chi connectivity index (χ0v) is 18.3. The molecule has 2 aromatic rings. The summed E-state index contributed by atoms with van der Waals surface area (Å²) < 4.78 is 78.8. The second-order valence-corrected chi connectivity index (χ2v) is 8.77. The molecule has 0 unspecified atom stereocenters. The van der Waals surface area contributed by atoms with Crippen molar-refractivity contribution in [2.45, 2.75) is 24.0 Å². The van der Waals surface area contributed by atoms with E-state index in [1.807, 2.05) is 0 Å². The van der Waals surface area contributed by atoms with Gasteiger partial charge in [-0.2, -0.15) is 23.2 Å². The molecule has 7 nitrogen and oxygen atoms in total. The molecule has 0 aliphatic rings. The average molecular weight is 532 g/mol. The summed E-state index contributed by atoms with van der Waals surface area (Å²) in [6.45, 7) is 0.608. The van der Waals surface area contributed by atoms with Gasteiger partial charge in [0, 0.05) is 12.7 Å². The third-order valence-electron chi connectivity index (χ3n) is 3.88. The number of aromatic nitrogens is 1. The minimum absolute atomic E-state index is 0.0135. The Morgan fingerprint density at radius 1 is 1.37 bits per heavy atom. The highest BCUT2D eigenvalue weighted by Crippen LogP contribution is 2.36. The standard InChI is InChI=1S/C16H12BrClF4N4O3S/c1-7(16(20,21)22)25-30(28,29)13-11(18)12(26(2)14(13)17)15(27)24-9-3-4-10(19)8(5-9)6-23/h3-5,7,25H,1-2H3,(H,24,27)/t7-/m1/s1. The third-order valence-corrected chi connectivity index (χ3v) is 7.15. The van der Waals surface area contributed by atoms with Gasteiger partial charge in [0.1, 0.15) is 33.1 Å². The van der Waals surface area contributed by atoms with Gasteiger partial charge >= 0.3 is 6.18 Å². The Morgan fingerprint density at radius 3 is 2.50 bits per heavy atom. The van der Waals surface area contributed by atoms with Crippen LogP contribution in [0.4, 0.5) is 23.2 Å². The zero-order valence-electron chi connectivity index (χ0n) is 15.1. The van der Waals surface area contributed by atoms with Crippen LogP contribution in [0.25, 0.3) is 0 Å². The van der Waals surface area contributed by atoms with Gasteiger partial charge in [-0.05, 0) is 41.1 Å². The third kappa shape index (κ3) is 4.77. The number of benzene rings is 1. The lowest BCUT2D eigenvalue weighted by Crippen LogP contribution is -2.43. The van der Waals surface area contributed by atoms with Crippen molar-refractivity contribution in [1.29, 1.82) is 5.26 Å². The second kappa shape index (κ2) is 8.54. The lowest BCUT2D eigenvalue weighted by atomic mass is 10.2. The number of carbonyl (C=O) groups excluding carboxylic acids is 1. The maximum Gasteiger partial charge on any atom is 0.404 e. The number of hydrogen-bond acceptors (Lipinski definition) is 4. The molecule has 0 bridgehead atoms. The molecule has 162 valence electrons. The van der Waals surface area contributed by atoms with E-state index in [1.165, 1.54) is 11.8 Å². The normalized spacial score (nSPS) is 13.0. The summed E-state index contributed by atoms with van der Waals surface area (Å²) in [5.41, 5.74) is -0.730. The summed E-state index contributed by atoms with van der Waals surface area (Å²) in [6, 6.07) is 2.32. The van der Waals surface area contributed by atoms with Crippen molar-refractivity contribution in [3.8, 4) is 6.07 Å². The van der Waals surface area contributed by atoms with E-state index in [-0.39, 0.29) is 15.9 Å². The smallest absolute Gasteiger partial charge is 0.332 e. The Morgan fingerprint density at radius 2 is 1.97 bits per heavy atom. The van der Waals surface area contributed by atoms with Gasteiger partial charge in [-0.3, -0.25) is 4.79 Å². The Kier molecular flexibility index (Phi) is 6.87. The lowest BCUT2D eigenvalue weighted by molar-refractivity contribution is -0.147. The largest absolute Gasteiger partial charge is 0.404 e. The number of sulfonamides is 1. The van der Waals surface area contributed by atoms with E-state index in [9.17, 15) is 30.8 Å². The van der Waals surface area contributed by atoms with Crippen molar-refractivity contribution in [3.63, 3.8) is 0 Å². The van der Waals surface area contributed by atoms with E-state index >= 15 is 0 Å². The first-order valence-electron chi connectivity index (χ1n) is 7.84. The minimum Gasteiger partial charge on any atom is -0.332 e. The number of nitrogens with one attached hydrogen (secondary N) is 2. The van der Waals surface area contributed by atoms with E-state index in [1.54, 1.807) is 6.07 Å². The summed E-state index contributed by atoms with van der Waals surface area (Å²) >= 11 is 8.96. The number of hydrogen-bond donors (Lipinski definition) is 2. The van der Waals surface area contributed by atoms with Crippen LogP contribution in [0.15, 0.2) is 27.7 Å². The molecule has 30 heavy (non-hydrogen) atoms. The van der Waals surface area contributed by atoms with Crippen LogP contribution >= 0.6 is 27.5 Å². The fraction of sp³-hybridized carbons (Fsp3) is 0.250. The topological polar surface area (TPSA) is 104 Å². The number of nitriles is 1. The molecule has 0 spiro atoms. The molecule has 14 heteroatoms. The summed E-state index contributed by atoms with van der Waals surface area (Å²) in [4.78, 5) is 11.8. The number of alkyl halides is 3. The van der Waals surface area contributed by atoms with Crippen LogP contribution in [0, 0.1) is 17.1 Å². The van der Waals surface area contributed by atoms with Crippen molar-refractivity contribution < 1.29 is 30.8 Å². The summed E-state index contributed by atoms with van der Waals surface area (Å²) in [5, 5.41) is 10.5. The molecule has 1 heterocycles. The number of carbonyl (C=O) groups is 1. The first-order chi connectivity index (χ1) is 13.7. The summed E-state index contributed by atoms with van der Waals surface area (Å²) in [7, 11) is -3.52. The monoisotopic (exact) mass is 530 g/mol. The SMILES string of the molecule is C[C@@H](NS(=O)(=O)c1c(Cl)c(C(=O)Nc2ccc(F)c(C#N)c2)n(C)c1Br)C(F)(F)F. The van der Waals surface area contributed by atoms with E-state index in [0.717, 1.165) is 22.8 Å². The van der Waals surface area contributed by atoms with Gasteiger partial charge in [0.15, 0.2) is 0 Å². The van der Waals surface area contributed by atoms with Crippen LogP contribution in [-0.4, -0.2) is 31.1 Å². The Bertz CT molecular complexity index is 1160. The summed E-state index contributed by atoms with van der Waals surface area (Å²) in [5.74, 6) is -1.75. The molecule has 0 aliphatic heterocycles. The van der Waals surface area contributed by atoms with Gasteiger partial charge in [0.05, 0.1) is 10.6 Å². The van der Waals surface area contributed by atoms with Crippen LogP contribution in [0.2, 0.25) is 5.02 Å². The number of amides is 1. The van der Waals surface area contributed by atoms with Crippen molar-refractivity contribution in [2.75, 3.05) is 5.32 Å². The Labute approximate surface area is 181 Å². The van der Waals surface area contributed by atoms with E-state index in [0.29, 0.717) is 6.92 Å². The zero-order chi connectivity index (χ0) is 23.0. The van der Waals surface area contributed by atoms with Crippen molar-refractivity contribution in [3.05, 3.63) is 44.9 Å². The Balaban J connectivity index is 2.45. The number of halogens is 6. The predicted octanol–water partition coefficient (Wildman–Crippen LogP) is 3.93. The number of anilines is 1. The number of rotatable bonds is 5. The molecule has 0 radical (unpaired) electrons. The highest BCUT2D eigenvalue weighted by atomic mass is 79.9. The second-order valence-electron chi connectivity index (χ2n) is 5.99. The van der Waals surface area contributed by atoms with Crippen LogP contribution in [0.5, 0.6) is 0 Å². The molecule has 1 amide bonds. The molecule has 1 aromatic heterocycles. The van der Waals surface area contributed by atoms with Crippen LogP contribution in [0.3, 0.4) is 0 Å². The van der Waals surface area contributed by atoms with Crippen LogP contribution in [-0.2, 0) is 17.1 Å². The first kappa shape index (κ1) is 24.1. The molecule has 0 fully saturated rings. The maximum atomic E-state index is 13.4. The predicted molar refractivity (Wildman–Crippen MR) is 103 cm³/mol. The molecular weight excluding hydrogens is 520 g/mol. The van der Waals surface area contributed by atoms with Gasteiger partial charge in [0.25, 0.3) is 5.91 Å². The molecule has 2 N–H and O–H groups in total. The van der Waals surface area contributed by atoms with Crippen molar-refractivity contribution >= 4 is 49.1 Å².